The van der Waals surface area contributed by atoms with Crippen molar-refractivity contribution < 1.29 is 14.6 Å². The van der Waals surface area contributed by atoms with Crippen molar-refractivity contribution in [1.29, 1.82) is 0 Å². The zero-order chi connectivity index (χ0) is 19.4. The second kappa shape index (κ2) is 7.86. The molecule has 0 aliphatic rings. The molecule has 0 saturated carbocycles. The second-order valence-corrected chi connectivity index (χ2v) is 6.40. The van der Waals surface area contributed by atoms with E-state index in [1.807, 2.05) is 32.0 Å². The molecule has 0 aliphatic heterocycles. The fraction of sp³-hybridized carbons (Fsp3) is 0.263. The number of ether oxygens (including phenoxy) is 1. The number of aryl methyl sites for hydroxylation is 2. The Morgan fingerprint density at radius 2 is 1.96 bits per heavy atom. The van der Waals surface area contributed by atoms with E-state index in [1.165, 1.54) is 13.2 Å². The van der Waals surface area contributed by atoms with Crippen molar-refractivity contribution in [3.05, 3.63) is 58.9 Å². The normalized spacial score (nSPS) is 11.8. The van der Waals surface area contributed by atoms with E-state index in [0.717, 1.165) is 16.7 Å². The number of hydrogen-bond acceptors (Lipinski definition) is 6. The molecule has 1 heterocycles. The van der Waals surface area contributed by atoms with Gasteiger partial charge in [-0.3, -0.25) is 4.79 Å². The first-order valence-corrected chi connectivity index (χ1v) is 8.44. The number of hydrogen-bond donors (Lipinski definition) is 3. The average Bonchev–Trinajstić information content (AvgIpc) is 3.14. The van der Waals surface area contributed by atoms with Crippen LogP contribution in [0.5, 0.6) is 11.5 Å². The molecule has 8 nitrogen and oxygen atoms in total. The largest absolute Gasteiger partial charge is 0.504 e. The molecule has 0 spiro atoms. The number of phenols is 1. The summed E-state index contributed by atoms with van der Waals surface area (Å²) >= 11 is 0. The SMILES string of the molecule is COc1cc(C[C@@H](C(=O)Nc2cc(C)cc(C)c2)c2nn[nH]n2)ccc1O. The minimum Gasteiger partial charge on any atom is -0.504 e. The topological polar surface area (TPSA) is 113 Å². The van der Waals surface area contributed by atoms with Gasteiger partial charge in [-0.05, 0) is 61.2 Å². The van der Waals surface area contributed by atoms with Gasteiger partial charge in [0.15, 0.2) is 17.3 Å². The van der Waals surface area contributed by atoms with Crippen molar-refractivity contribution in [2.75, 3.05) is 12.4 Å². The highest BCUT2D eigenvalue weighted by Gasteiger charge is 2.26. The Hall–Kier alpha value is -3.42. The monoisotopic (exact) mass is 367 g/mol. The molecule has 3 N–H and O–H groups in total. The third-order valence-electron chi connectivity index (χ3n) is 4.16. The van der Waals surface area contributed by atoms with Gasteiger partial charge in [-0.1, -0.05) is 17.3 Å². The summed E-state index contributed by atoms with van der Waals surface area (Å²) in [6.07, 6.45) is 0.326. The quantitative estimate of drug-likeness (QED) is 0.617. The van der Waals surface area contributed by atoms with Crippen molar-refractivity contribution in [2.24, 2.45) is 0 Å². The second-order valence-electron chi connectivity index (χ2n) is 6.40. The third-order valence-corrected chi connectivity index (χ3v) is 4.16. The van der Waals surface area contributed by atoms with Crippen LogP contribution in [0.4, 0.5) is 5.69 Å². The number of anilines is 1. The molecule has 0 bridgehead atoms. The van der Waals surface area contributed by atoms with E-state index in [4.69, 9.17) is 4.74 Å². The molecule has 3 aromatic rings. The number of rotatable bonds is 6. The van der Waals surface area contributed by atoms with Crippen LogP contribution in [0.3, 0.4) is 0 Å². The van der Waals surface area contributed by atoms with Crippen LogP contribution in [0.15, 0.2) is 36.4 Å². The van der Waals surface area contributed by atoms with E-state index in [1.54, 1.807) is 12.1 Å². The first-order valence-electron chi connectivity index (χ1n) is 8.44. The minimum absolute atomic E-state index is 0.0389. The molecule has 27 heavy (non-hydrogen) atoms. The number of methoxy groups -OCH3 is 1. The van der Waals surface area contributed by atoms with Crippen molar-refractivity contribution in [3.8, 4) is 11.5 Å². The smallest absolute Gasteiger partial charge is 0.235 e. The maximum atomic E-state index is 12.9. The molecule has 1 amide bonds. The van der Waals surface area contributed by atoms with Crippen LogP contribution in [0, 0.1) is 13.8 Å². The van der Waals surface area contributed by atoms with Crippen LogP contribution >= 0.6 is 0 Å². The number of aromatic nitrogens is 4. The summed E-state index contributed by atoms with van der Waals surface area (Å²) in [4.78, 5) is 12.9. The standard InChI is InChI=1S/C19H21N5O3/c1-11-6-12(2)8-14(7-11)20-19(26)15(18-21-23-24-22-18)9-13-4-5-16(25)17(10-13)27-3/h4-8,10,15,25H,9H2,1-3H3,(H,20,26)(H,21,22,23,24)/t15-/m1/s1. The maximum absolute atomic E-state index is 12.9. The van der Waals surface area contributed by atoms with Crippen LogP contribution in [0.25, 0.3) is 0 Å². The van der Waals surface area contributed by atoms with E-state index in [2.05, 4.69) is 25.9 Å². The maximum Gasteiger partial charge on any atom is 0.235 e. The zero-order valence-corrected chi connectivity index (χ0v) is 15.4. The van der Waals surface area contributed by atoms with E-state index < -0.39 is 5.92 Å². The summed E-state index contributed by atoms with van der Waals surface area (Å²) in [5.74, 6) is -0.220. The summed E-state index contributed by atoms with van der Waals surface area (Å²) in [5.41, 5.74) is 3.64. The number of benzene rings is 2. The molecule has 8 heteroatoms. The third kappa shape index (κ3) is 4.41. The lowest BCUT2D eigenvalue weighted by Gasteiger charge is -2.15. The summed E-state index contributed by atoms with van der Waals surface area (Å²) in [7, 11) is 1.47. The summed E-state index contributed by atoms with van der Waals surface area (Å²) in [5, 5.41) is 26.6. The van der Waals surface area contributed by atoms with Crippen LogP contribution in [-0.4, -0.2) is 38.7 Å². The molecule has 3 rings (SSSR count). The van der Waals surface area contributed by atoms with Crippen LogP contribution in [0.2, 0.25) is 0 Å². The number of nitrogens with zero attached hydrogens (tertiary/aromatic N) is 3. The highest BCUT2D eigenvalue weighted by molar-refractivity contribution is 5.95. The molecule has 1 aromatic heterocycles. The van der Waals surface area contributed by atoms with Gasteiger partial charge in [-0.2, -0.15) is 5.21 Å². The first kappa shape index (κ1) is 18.4. The molecule has 0 unspecified atom stereocenters. The van der Waals surface area contributed by atoms with Gasteiger partial charge in [0.05, 0.1) is 7.11 Å². The van der Waals surface area contributed by atoms with Crippen molar-refractivity contribution >= 4 is 11.6 Å². The van der Waals surface area contributed by atoms with Gasteiger partial charge >= 0.3 is 0 Å². The van der Waals surface area contributed by atoms with E-state index in [-0.39, 0.29) is 11.7 Å². The number of phenolic OH excluding ortho intramolecular Hbond substituents is 1. The van der Waals surface area contributed by atoms with Gasteiger partial charge in [0.25, 0.3) is 0 Å². The molecule has 0 radical (unpaired) electrons. The molecule has 2 aromatic carbocycles. The van der Waals surface area contributed by atoms with Gasteiger partial charge in [-0.15, -0.1) is 10.2 Å². The molecule has 0 aliphatic carbocycles. The van der Waals surface area contributed by atoms with E-state index in [9.17, 15) is 9.90 Å². The van der Waals surface area contributed by atoms with Gasteiger partial charge in [-0.25, -0.2) is 0 Å². The lowest BCUT2D eigenvalue weighted by Crippen LogP contribution is -2.24. The Morgan fingerprint density at radius 3 is 2.59 bits per heavy atom. The Labute approximate surface area is 156 Å². The van der Waals surface area contributed by atoms with Gasteiger partial charge < -0.3 is 15.2 Å². The minimum atomic E-state index is -0.654. The number of aromatic amines is 1. The van der Waals surface area contributed by atoms with Crippen LogP contribution in [0.1, 0.15) is 28.4 Å². The Balaban J connectivity index is 1.86. The summed E-state index contributed by atoms with van der Waals surface area (Å²) in [6.45, 7) is 3.95. The molecular formula is C19H21N5O3. The van der Waals surface area contributed by atoms with Gasteiger partial charge in [0.2, 0.25) is 5.91 Å². The number of tetrazole rings is 1. The zero-order valence-electron chi connectivity index (χ0n) is 15.4. The highest BCUT2D eigenvalue weighted by Crippen LogP contribution is 2.29. The Morgan fingerprint density at radius 1 is 1.22 bits per heavy atom. The fourth-order valence-electron chi connectivity index (χ4n) is 2.98. The van der Waals surface area contributed by atoms with Crippen molar-refractivity contribution in [2.45, 2.75) is 26.2 Å². The fourth-order valence-corrected chi connectivity index (χ4v) is 2.98. The molecular weight excluding hydrogens is 346 g/mol. The molecule has 0 saturated heterocycles. The highest BCUT2D eigenvalue weighted by atomic mass is 16.5. The number of carbonyl (C=O) groups excluding carboxylic acids is 1. The number of amides is 1. The number of carbonyl (C=O) groups is 1. The first-order chi connectivity index (χ1) is 13.0. The Bertz CT molecular complexity index is 920. The van der Waals surface area contributed by atoms with Crippen LogP contribution in [-0.2, 0) is 11.2 Å². The predicted molar refractivity (Wildman–Crippen MR) is 99.8 cm³/mol. The van der Waals surface area contributed by atoms with Crippen LogP contribution < -0.4 is 10.1 Å². The lowest BCUT2D eigenvalue weighted by atomic mass is 9.97. The summed E-state index contributed by atoms with van der Waals surface area (Å²) in [6, 6.07) is 10.8. The summed E-state index contributed by atoms with van der Waals surface area (Å²) < 4.78 is 5.14. The number of nitrogens with one attached hydrogen (secondary N) is 2. The molecule has 140 valence electrons. The number of aromatic hydroxyl groups is 1. The van der Waals surface area contributed by atoms with Gasteiger partial charge in [0.1, 0.15) is 5.92 Å². The molecule has 1 atom stereocenters. The Kier molecular flexibility index (Phi) is 5.35. The van der Waals surface area contributed by atoms with E-state index in [0.29, 0.717) is 23.7 Å². The lowest BCUT2D eigenvalue weighted by molar-refractivity contribution is -0.117. The van der Waals surface area contributed by atoms with E-state index >= 15 is 0 Å². The van der Waals surface area contributed by atoms with Crippen molar-refractivity contribution in [3.63, 3.8) is 0 Å². The van der Waals surface area contributed by atoms with Crippen molar-refractivity contribution in [1.82, 2.24) is 20.6 Å². The van der Waals surface area contributed by atoms with Gasteiger partial charge in [0, 0.05) is 5.69 Å². The average molecular weight is 367 g/mol. The predicted octanol–water partition coefficient (Wildman–Crippen LogP) is 2.50. The number of H-pyrrole nitrogens is 1. The molecule has 0 fully saturated rings.